The molecule has 1 aliphatic heterocycles. The molecule has 1 atom stereocenters. The average Bonchev–Trinajstić information content (AvgIpc) is 2.61. The number of carbonyl (C=O) groups is 2. The van der Waals surface area contributed by atoms with Crippen molar-refractivity contribution in [2.24, 2.45) is 15.9 Å². The third kappa shape index (κ3) is 4.48. The molecule has 0 bridgehead atoms. The van der Waals surface area contributed by atoms with Gasteiger partial charge in [0.25, 0.3) is 0 Å². The molecule has 1 heterocycles. The van der Waals surface area contributed by atoms with Gasteiger partial charge in [-0.15, -0.1) is 0 Å². The van der Waals surface area contributed by atoms with Crippen LogP contribution in [0.4, 0.5) is 10.5 Å². The highest BCUT2D eigenvalue weighted by atomic mass is 32.2. The number of nitrogens with one attached hydrogen (secondary N) is 1. The Bertz CT molecular complexity index is 730. The summed E-state index contributed by atoms with van der Waals surface area (Å²) in [5.41, 5.74) is 1.58. The van der Waals surface area contributed by atoms with Gasteiger partial charge in [0.15, 0.2) is 0 Å². The number of hydrogen-bond donors (Lipinski definition) is 1. The van der Waals surface area contributed by atoms with Crippen molar-refractivity contribution in [2.45, 2.75) is 32.6 Å². The molecule has 1 saturated carbocycles. The fourth-order valence-electron chi connectivity index (χ4n) is 3.03. The van der Waals surface area contributed by atoms with Crippen molar-refractivity contribution in [3.05, 3.63) is 24.3 Å². The summed E-state index contributed by atoms with van der Waals surface area (Å²) in [7, 11) is 0. The largest absolute Gasteiger partial charge is 0.492 e. The maximum Gasteiger partial charge on any atom is 0.367 e. The fraction of sp³-hybridized carbons (Fsp3) is 0.444. The van der Waals surface area contributed by atoms with Gasteiger partial charge in [-0.25, -0.2) is 9.79 Å². The minimum Gasteiger partial charge on any atom is -0.492 e. The summed E-state index contributed by atoms with van der Waals surface area (Å²) in [5.74, 6) is 0.818. The van der Waals surface area contributed by atoms with Crippen LogP contribution in [-0.2, 0) is 4.79 Å². The Labute approximate surface area is 151 Å². The maximum atomic E-state index is 12.3. The molecule has 1 aromatic rings. The molecule has 3 rings (SSSR count). The monoisotopic (exact) mass is 359 g/mol. The zero-order valence-electron chi connectivity index (χ0n) is 14.2. The van der Waals surface area contributed by atoms with Gasteiger partial charge >= 0.3 is 6.03 Å². The van der Waals surface area contributed by atoms with Crippen LogP contribution in [0.25, 0.3) is 0 Å². The van der Waals surface area contributed by atoms with Crippen LogP contribution in [0.15, 0.2) is 34.3 Å². The first kappa shape index (κ1) is 17.7. The molecular formula is C18H21N3O3S. The van der Waals surface area contributed by atoms with Crippen molar-refractivity contribution in [1.29, 1.82) is 0 Å². The van der Waals surface area contributed by atoms with E-state index in [9.17, 15) is 9.59 Å². The van der Waals surface area contributed by atoms with E-state index >= 15 is 0 Å². The van der Waals surface area contributed by atoms with E-state index in [1.807, 2.05) is 25.1 Å². The van der Waals surface area contributed by atoms with Crippen molar-refractivity contribution in [2.75, 3.05) is 17.7 Å². The van der Waals surface area contributed by atoms with Gasteiger partial charge in [0.05, 0.1) is 23.1 Å². The molecule has 1 aromatic carbocycles. The maximum absolute atomic E-state index is 12.3. The van der Waals surface area contributed by atoms with E-state index in [1.54, 1.807) is 6.07 Å². The molecule has 2 aliphatic rings. The van der Waals surface area contributed by atoms with E-state index in [0.717, 1.165) is 36.4 Å². The van der Waals surface area contributed by atoms with Gasteiger partial charge in [0.1, 0.15) is 5.75 Å². The van der Waals surface area contributed by atoms with Crippen LogP contribution >= 0.6 is 11.8 Å². The number of rotatable bonds is 5. The number of amides is 3. The molecule has 25 heavy (non-hydrogen) atoms. The highest BCUT2D eigenvalue weighted by Gasteiger charge is 2.30. The summed E-state index contributed by atoms with van der Waals surface area (Å²) in [6.45, 7) is 2.43. The minimum atomic E-state index is -0.447. The Hall–Kier alpha value is -2.15. The Morgan fingerprint density at radius 2 is 2.16 bits per heavy atom. The molecule has 1 fully saturated rings. The first-order valence-electron chi connectivity index (χ1n) is 8.52. The summed E-state index contributed by atoms with van der Waals surface area (Å²) in [6, 6.07) is 6.89. The molecule has 3 amide bonds. The van der Waals surface area contributed by atoms with Gasteiger partial charge in [-0.1, -0.05) is 30.3 Å². The zero-order chi connectivity index (χ0) is 17.6. The second-order valence-corrected chi connectivity index (χ2v) is 6.90. The quantitative estimate of drug-likeness (QED) is 0.864. The SMILES string of the molecule is CCOc1ccccc1NC(=O)CSC1=NC(=O)N=C2CCCCC21. The number of anilines is 1. The summed E-state index contributed by atoms with van der Waals surface area (Å²) >= 11 is 1.33. The number of nitrogens with zero attached hydrogens (tertiary/aromatic N) is 2. The Balaban J connectivity index is 1.60. The lowest BCUT2D eigenvalue weighted by Crippen LogP contribution is -2.31. The van der Waals surface area contributed by atoms with Crippen molar-refractivity contribution >= 4 is 40.1 Å². The first-order valence-corrected chi connectivity index (χ1v) is 9.50. The van der Waals surface area contributed by atoms with E-state index < -0.39 is 6.03 Å². The number of aliphatic imine (C=N–C) groups is 2. The normalized spacial score (nSPS) is 19.6. The second-order valence-electron chi connectivity index (χ2n) is 5.90. The summed E-state index contributed by atoms with van der Waals surface area (Å²) in [5, 5.41) is 3.59. The third-order valence-corrected chi connectivity index (χ3v) is 5.21. The Morgan fingerprint density at radius 1 is 1.32 bits per heavy atom. The summed E-state index contributed by atoms with van der Waals surface area (Å²) < 4.78 is 5.51. The van der Waals surface area contributed by atoms with Gasteiger partial charge in [0, 0.05) is 11.6 Å². The van der Waals surface area contributed by atoms with E-state index in [1.165, 1.54) is 11.8 Å². The standard InChI is InChI=1S/C18H21N3O3S/c1-2-24-15-10-6-5-9-14(15)19-16(22)11-25-17-12-7-3-4-8-13(12)20-18(23)21-17/h5-6,9-10,12H,2-4,7-8,11H2,1H3,(H,19,22). The number of ether oxygens (including phenoxy) is 1. The predicted molar refractivity (Wildman–Crippen MR) is 101 cm³/mol. The molecule has 0 saturated heterocycles. The summed E-state index contributed by atoms with van der Waals surface area (Å²) in [4.78, 5) is 32.1. The number of benzene rings is 1. The average molecular weight is 359 g/mol. The molecule has 1 N–H and O–H groups in total. The van der Waals surface area contributed by atoms with Crippen LogP contribution in [0.5, 0.6) is 5.75 Å². The molecule has 132 valence electrons. The second kappa shape index (κ2) is 8.29. The van der Waals surface area contributed by atoms with Crippen molar-refractivity contribution < 1.29 is 14.3 Å². The predicted octanol–water partition coefficient (Wildman–Crippen LogP) is 3.92. The lowest BCUT2D eigenvalue weighted by Gasteiger charge is -2.26. The Kier molecular flexibility index (Phi) is 5.86. The van der Waals surface area contributed by atoms with Crippen LogP contribution in [0.2, 0.25) is 0 Å². The van der Waals surface area contributed by atoms with Gasteiger partial charge in [-0.05, 0) is 38.3 Å². The van der Waals surface area contributed by atoms with Crippen molar-refractivity contribution in [3.63, 3.8) is 0 Å². The first-order chi connectivity index (χ1) is 12.2. The van der Waals surface area contributed by atoms with Gasteiger partial charge in [-0.2, -0.15) is 4.99 Å². The molecule has 0 radical (unpaired) electrons. The number of thioether (sulfide) groups is 1. The summed E-state index contributed by atoms with van der Waals surface area (Å²) in [6.07, 6.45) is 3.97. The van der Waals surface area contributed by atoms with E-state index in [-0.39, 0.29) is 17.6 Å². The smallest absolute Gasteiger partial charge is 0.367 e. The van der Waals surface area contributed by atoms with E-state index in [4.69, 9.17) is 4.74 Å². The van der Waals surface area contributed by atoms with Crippen LogP contribution in [0, 0.1) is 5.92 Å². The van der Waals surface area contributed by atoms with Crippen molar-refractivity contribution in [3.8, 4) is 5.75 Å². The highest BCUT2D eigenvalue weighted by molar-refractivity contribution is 8.14. The molecule has 1 aliphatic carbocycles. The number of para-hydroxylation sites is 2. The topological polar surface area (TPSA) is 80.1 Å². The Morgan fingerprint density at radius 3 is 3.00 bits per heavy atom. The van der Waals surface area contributed by atoms with Crippen LogP contribution < -0.4 is 10.1 Å². The molecule has 7 heteroatoms. The zero-order valence-corrected chi connectivity index (χ0v) is 15.0. The highest BCUT2D eigenvalue weighted by Crippen LogP contribution is 2.30. The number of urea groups is 1. The van der Waals surface area contributed by atoms with E-state index in [0.29, 0.717) is 18.0 Å². The van der Waals surface area contributed by atoms with E-state index in [2.05, 4.69) is 15.3 Å². The molecule has 6 nitrogen and oxygen atoms in total. The van der Waals surface area contributed by atoms with Crippen LogP contribution in [0.1, 0.15) is 32.6 Å². The molecule has 0 spiro atoms. The lowest BCUT2D eigenvalue weighted by molar-refractivity contribution is -0.113. The van der Waals surface area contributed by atoms with Gasteiger partial charge in [0.2, 0.25) is 5.91 Å². The lowest BCUT2D eigenvalue weighted by atomic mass is 9.87. The molecular weight excluding hydrogens is 338 g/mol. The van der Waals surface area contributed by atoms with Gasteiger partial charge < -0.3 is 10.1 Å². The number of hydrogen-bond acceptors (Lipinski definition) is 4. The van der Waals surface area contributed by atoms with Gasteiger partial charge in [-0.3, -0.25) is 4.79 Å². The third-order valence-electron chi connectivity index (χ3n) is 4.13. The van der Waals surface area contributed by atoms with Crippen LogP contribution in [0.3, 0.4) is 0 Å². The van der Waals surface area contributed by atoms with Crippen LogP contribution in [-0.4, -0.2) is 35.1 Å². The minimum absolute atomic E-state index is 0.111. The van der Waals surface area contributed by atoms with Crippen molar-refractivity contribution in [1.82, 2.24) is 0 Å². The number of fused-ring (bicyclic) bond motifs is 1. The molecule has 1 unspecified atom stereocenters. The number of carbonyl (C=O) groups excluding carboxylic acids is 2. The fourth-order valence-corrected chi connectivity index (χ4v) is 3.97. The molecule has 0 aromatic heterocycles.